The van der Waals surface area contributed by atoms with Crippen LogP contribution in [-0.2, 0) is 4.79 Å². The number of piperidine rings is 1. The number of nitrogens with zero attached hydrogens (tertiary/aromatic N) is 4. The van der Waals surface area contributed by atoms with E-state index in [9.17, 15) is 4.79 Å². The Morgan fingerprint density at radius 3 is 2.67 bits per heavy atom. The minimum Gasteiger partial charge on any atom is -0.497 e. The number of carbonyl (C=O) groups excluding carboxylic acids is 1. The topological polar surface area (TPSA) is 93.4 Å². The number of nitrogens with one attached hydrogen (secondary N) is 1. The van der Waals surface area contributed by atoms with Crippen molar-refractivity contribution in [2.75, 3.05) is 25.1 Å². The van der Waals surface area contributed by atoms with E-state index in [0.29, 0.717) is 11.4 Å². The third kappa shape index (κ3) is 3.94. The van der Waals surface area contributed by atoms with Gasteiger partial charge in [-0.15, -0.1) is 0 Å². The van der Waals surface area contributed by atoms with E-state index in [0.717, 1.165) is 54.9 Å². The second-order valence-corrected chi connectivity index (χ2v) is 7.72. The Morgan fingerprint density at radius 1 is 1.27 bits per heavy atom. The van der Waals surface area contributed by atoms with Gasteiger partial charge in [-0.05, 0) is 50.5 Å². The molecule has 2 aromatic heterocycles. The van der Waals surface area contributed by atoms with Gasteiger partial charge in [0, 0.05) is 30.6 Å². The summed E-state index contributed by atoms with van der Waals surface area (Å²) in [7, 11) is 1.64. The maximum absolute atomic E-state index is 12.5. The predicted molar refractivity (Wildman–Crippen MR) is 114 cm³/mol. The van der Waals surface area contributed by atoms with Gasteiger partial charge in [0.15, 0.2) is 0 Å². The van der Waals surface area contributed by atoms with Gasteiger partial charge in [-0.2, -0.15) is 4.98 Å². The first-order valence-electron chi connectivity index (χ1n) is 10.4. The summed E-state index contributed by atoms with van der Waals surface area (Å²) < 4.78 is 10.7. The van der Waals surface area contributed by atoms with Crippen molar-refractivity contribution < 1.29 is 14.1 Å². The summed E-state index contributed by atoms with van der Waals surface area (Å²) in [6.07, 6.45) is 4.02. The van der Waals surface area contributed by atoms with Crippen molar-refractivity contribution in [3.8, 4) is 17.0 Å². The van der Waals surface area contributed by atoms with Gasteiger partial charge < -0.3 is 19.5 Å². The second-order valence-electron chi connectivity index (χ2n) is 7.72. The number of methoxy groups -OCH3 is 1. The Kier molecular flexibility index (Phi) is 5.83. The predicted octanol–water partition coefficient (Wildman–Crippen LogP) is 3.42. The van der Waals surface area contributed by atoms with Gasteiger partial charge in [0.05, 0.1) is 7.11 Å². The van der Waals surface area contributed by atoms with E-state index in [1.807, 2.05) is 31.2 Å². The van der Waals surface area contributed by atoms with Crippen LogP contribution in [0.2, 0.25) is 0 Å². The Hall–Kier alpha value is -3.16. The molecule has 8 heteroatoms. The van der Waals surface area contributed by atoms with Crippen LogP contribution in [0.4, 0.5) is 5.82 Å². The van der Waals surface area contributed by atoms with E-state index in [2.05, 4.69) is 32.3 Å². The normalized spacial score (nSPS) is 15.9. The quantitative estimate of drug-likeness (QED) is 0.667. The van der Waals surface area contributed by atoms with Crippen LogP contribution in [0.1, 0.15) is 33.1 Å². The molecule has 1 aliphatic rings. The Balaban J connectivity index is 1.56. The number of benzene rings is 1. The molecule has 30 heavy (non-hydrogen) atoms. The molecule has 1 fully saturated rings. The first kappa shape index (κ1) is 20.1. The second kappa shape index (κ2) is 8.69. The first-order chi connectivity index (χ1) is 14.6. The van der Waals surface area contributed by atoms with Crippen LogP contribution in [0, 0.1) is 5.92 Å². The first-order valence-corrected chi connectivity index (χ1v) is 10.4. The molecule has 8 nitrogen and oxygen atoms in total. The summed E-state index contributed by atoms with van der Waals surface area (Å²) in [6.45, 7) is 5.61. The SMILES string of the molecule is CCC(C)NC(=O)C1CCN(c2ncnc3onc(-c4ccc(OC)cc4)c23)CC1. The summed E-state index contributed by atoms with van der Waals surface area (Å²) in [5.74, 6) is 1.77. The molecule has 1 amide bonds. The highest BCUT2D eigenvalue weighted by Crippen LogP contribution is 2.35. The van der Waals surface area contributed by atoms with Gasteiger partial charge in [-0.3, -0.25) is 4.79 Å². The molecule has 1 aliphatic heterocycles. The van der Waals surface area contributed by atoms with Gasteiger partial charge in [0.2, 0.25) is 5.91 Å². The summed E-state index contributed by atoms with van der Waals surface area (Å²) in [6, 6.07) is 7.87. The zero-order valence-electron chi connectivity index (χ0n) is 17.6. The number of anilines is 1. The van der Waals surface area contributed by atoms with Crippen molar-refractivity contribution in [1.82, 2.24) is 20.4 Å². The number of rotatable bonds is 6. The summed E-state index contributed by atoms with van der Waals surface area (Å²) in [5.41, 5.74) is 2.08. The van der Waals surface area contributed by atoms with Crippen molar-refractivity contribution >= 4 is 22.8 Å². The number of ether oxygens (including phenoxy) is 1. The van der Waals surface area contributed by atoms with E-state index < -0.39 is 0 Å². The van der Waals surface area contributed by atoms with Gasteiger partial charge in [0.1, 0.15) is 29.0 Å². The lowest BCUT2D eigenvalue weighted by molar-refractivity contribution is -0.126. The lowest BCUT2D eigenvalue weighted by atomic mass is 9.95. The van der Waals surface area contributed by atoms with Gasteiger partial charge >= 0.3 is 0 Å². The molecule has 1 aromatic carbocycles. The zero-order chi connectivity index (χ0) is 21.1. The molecule has 0 aliphatic carbocycles. The third-order valence-electron chi connectivity index (χ3n) is 5.78. The Morgan fingerprint density at radius 2 is 2.00 bits per heavy atom. The highest BCUT2D eigenvalue weighted by Gasteiger charge is 2.28. The van der Waals surface area contributed by atoms with Gasteiger partial charge in [-0.25, -0.2) is 4.98 Å². The number of fused-ring (bicyclic) bond motifs is 1. The molecule has 4 rings (SSSR count). The van der Waals surface area contributed by atoms with E-state index in [1.165, 1.54) is 6.33 Å². The lowest BCUT2D eigenvalue weighted by Crippen LogP contribution is -2.43. The largest absolute Gasteiger partial charge is 0.497 e. The molecule has 1 saturated heterocycles. The van der Waals surface area contributed by atoms with Crippen LogP contribution >= 0.6 is 0 Å². The minimum absolute atomic E-state index is 0.0381. The van der Waals surface area contributed by atoms with E-state index >= 15 is 0 Å². The smallest absolute Gasteiger partial charge is 0.263 e. The van der Waals surface area contributed by atoms with Crippen LogP contribution in [0.15, 0.2) is 35.1 Å². The number of carbonyl (C=O) groups is 1. The highest BCUT2D eigenvalue weighted by molar-refractivity contribution is 5.98. The maximum Gasteiger partial charge on any atom is 0.263 e. The summed E-state index contributed by atoms with van der Waals surface area (Å²) in [4.78, 5) is 23.5. The highest BCUT2D eigenvalue weighted by atomic mass is 16.5. The van der Waals surface area contributed by atoms with Crippen molar-refractivity contribution in [3.05, 3.63) is 30.6 Å². The number of hydrogen-bond acceptors (Lipinski definition) is 7. The summed E-state index contributed by atoms with van der Waals surface area (Å²) >= 11 is 0. The average Bonchev–Trinajstić information content (AvgIpc) is 3.23. The Labute approximate surface area is 175 Å². The zero-order valence-corrected chi connectivity index (χ0v) is 17.6. The Bertz CT molecular complexity index is 1010. The van der Waals surface area contributed by atoms with E-state index in [-0.39, 0.29) is 17.9 Å². The average molecular weight is 409 g/mol. The fourth-order valence-corrected chi connectivity index (χ4v) is 3.77. The molecule has 1 N–H and O–H groups in total. The summed E-state index contributed by atoms with van der Waals surface area (Å²) in [5, 5.41) is 8.15. The molecule has 0 bridgehead atoms. The molecule has 1 unspecified atom stereocenters. The van der Waals surface area contributed by atoms with Crippen LogP contribution in [0.5, 0.6) is 5.75 Å². The molecule has 158 valence electrons. The monoisotopic (exact) mass is 409 g/mol. The lowest BCUT2D eigenvalue weighted by Gasteiger charge is -2.32. The molecular weight excluding hydrogens is 382 g/mol. The van der Waals surface area contributed by atoms with E-state index in [1.54, 1.807) is 7.11 Å². The van der Waals surface area contributed by atoms with Crippen molar-refractivity contribution in [3.63, 3.8) is 0 Å². The van der Waals surface area contributed by atoms with E-state index in [4.69, 9.17) is 9.26 Å². The van der Waals surface area contributed by atoms with Crippen LogP contribution in [0.25, 0.3) is 22.4 Å². The molecule has 0 radical (unpaired) electrons. The van der Waals surface area contributed by atoms with Crippen LogP contribution < -0.4 is 15.0 Å². The molecule has 0 spiro atoms. The van der Waals surface area contributed by atoms with Crippen molar-refractivity contribution in [2.45, 2.75) is 39.2 Å². The minimum atomic E-state index is 0.0381. The van der Waals surface area contributed by atoms with Gasteiger partial charge in [0.25, 0.3) is 5.71 Å². The molecule has 3 heterocycles. The standard InChI is InChI=1S/C22H27N5O3/c1-4-14(2)25-21(28)16-9-11-27(12-10-16)20-18-19(26-30-22(18)24-13-23-20)15-5-7-17(29-3)8-6-15/h5-8,13-14,16H,4,9-12H2,1-3H3,(H,25,28). The van der Waals surface area contributed by atoms with Gasteiger partial charge in [-0.1, -0.05) is 12.1 Å². The third-order valence-corrected chi connectivity index (χ3v) is 5.78. The number of hydrogen-bond donors (Lipinski definition) is 1. The molecule has 0 saturated carbocycles. The molecule has 3 aromatic rings. The molecular formula is C22H27N5O3. The van der Waals surface area contributed by atoms with Crippen molar-refractivity contribution in [1.29, 1.82) is 0 Å². The maximum atomic E-state index is 12.5. The molecule has 1 atom stereocenters. The number of amides is 1. The fraction of sp³-hybridized carbons (Fsp3) is 0.455. The van der Waals surface area contributed by atoms with Crippen molar-refractivity contribution in [2.24, 2.45) is 5.92 Å². The number of aromatic nitrogens is 3. The van der Waals surface area contributed by atoms with Crippen LogP contribution in [0.3, 0.4) is 0 Å². The van der Waals surface area contributed by atoms with Crippen LogP contribution in [-0.4, -0.2) is 47.3 Å². The fourth-order valence-electron chi connectivity index (χ4n) is 3.77.